The van der Waals surface area contributed by atoms with Crippen LogP contribution in [0.2, 0.25) is 5.02 Å². The Labute approximate surface area is 184 Å². The SMILES string of the molecule is O=C(O)CCc1cc2cc(Cl)ccc2n1S(=O)(=O)c1ccc(Oc2ccccc2)cc1. The van der Waals surface area contributed by atoms with Gasteiger partial charge in [-0.15, -0.1) is 0 Å². The molecule has 0 aliphatic rings. The van der Waals surface area contributed by atoms with E-state index >= 15 is 0 Å². The van der Waals surface area contributed by atoms with Crippen LogP contribution in [0.5, 0.6) is 11.5 Å². The maximum absolute atomic E-state index is 13.5. The van der Waals surface area contributed by atoms with Crippen LogP contribution >= 0.6 is 11.6 Å². The van der Waals surface area contributed by atoms with E-state index in [1.54, 1.807) is 48.5 Å². The molecule has 1 aromatic heterocycles. The second-order valence-corrected chi connectivity index (χ2v) is 9.11. The molecule has 158 valence electrons. The first-order valence-electron chi connectivity index (χ1n) is 9.45. The first kappa shape index (κ1) is 21.0. The molecule has 0 aliphatic heterocycles. The molecule has 6 nitrogen and oxygen atoms in total. The molecule has 0 unspecified atom stereocenters. The molecular weight excluding hydrogens is 438 g/mol. The maximum atomic E-state index is 13.5. The zero-order chi connectivity index (χ0) is 22.0. The molecule has 8 heteroatoms. The van der Waals surface area contributed by atoms with Gasteiger partial charge in [0.1, 0.15) is 11.5 Å². The predicted octanol–water partition coefficient (Wildman–Crippen LogP) is 5.34. The van der Waals surface area contributed by atoms with Crippen LogP contribution in [0.15, 0.2) is 83.8 Å². The van der Waals surface area contributed by atoms with Gasteiger partial charge >= 0.3 is 5.97 Å². The van der Waals surface area contributed by atoms with Crippen LogP contribution < -0.4 is 4.74 Å². The molecule has 0 saturated heterocycles. The third kappa shape index (κ3) is 4.42. The van der Waals surface area contributed by atoms with Crippen molar-refractivity contribution in [3.8, 4) is 11.5 Å². The second kappa shape index (κ2) is 8.45. The molecule has 0 saturated carbocycles. The van der Waals surface area contributed by atoms with Crippen molar-refractivity contribution in [2.75, 3.05) is 0 Å². The van der Waals surface area contributed by atoms with Crippen LogP contribution in [-0.2, 0) is 21.2 Å². The van der Waals surface area contributed by atoms with Crippen molar-refractivity contribution in [3.05, 3.63) is 89.6 Å². The van der Waals surface area contributed by atoms with Gasteiger partial charge in [0.25, 0.3) is 10.0 Å². The van der Waals surface area contributed by atoms with Gasteiger partial charge in [0.05, 0.1) is 16.8 Å². The maximum Gasteiger partial charge on any atom is 0.303 e. The van der Waals surface area contributed by atoms with E-state index in [-0.39, 0.29) is 17.7 Å². The average Bonchev–Trinajstić information content (AvgIpc) is 3.11. The summed E-state index contributed by atoms with van der Waals surface area (Å²) in [5, 5.41) is 10.2. The number of carboxylic acids is 1. The third-order valence-corrected chi connectivity index (χ3v) is 6.74. The summed E-state index contributed by atoms with van der Waals surface area (Å²) in [7, 11) is -3.98. The number of aliphatic carboxylic acids is 1. The Morgan fingerprint density at radius 3 is 2.29 bits per heavy atom. The number of carboxylic acid groups (broad SMARTS) is 1. The lowest BCUT2D eigenvalue weighted by molar-refractivity contribution is -0.136. The zero-order valence-corrected chi connectivity index (χ0v) is 17.8. The normalized spacial score (nSPS) is 11.5. The first-order chi connectivity index (χ1) is 14.8. The molecule has 0 fully saturated rings. The summed E-state index contributed by atoms with van der Waals surface area (Å²) in [4.78, 5) is 11.1. The number of hydrogen-bond acceptors (Lipinski definition) is 4. The van der Waals surface area contributed by atoms with Gasteiger partial charge in [0, 0.05) is 16.1 Å². The van der Waals surface area contributed by atoms with Crippen LogP contribution in [0.4, 0.5) is 0 Å². The molecule has 1 N–H and O–H groups in total. The van der Waals surface area contributed by atoms with E-state index in [0.29, 0.717) is 33.1 Å². The standard InChI is InChI=1S/C23H18ClNO5S/c24-17-6-12-22-16(14-17)15-18(7-13-23(26)27)25(22)31(28,29)21-10-8-20(9-11-21)30-19-4-2-1-3-5-19/h1-6,8-12,14-15H,7,13H2,(H,26,27). The Bertz CT molecular complexity index is 1350. The summed E-state index contributed by atoms with van der Waals surface area (Å²) in [6.45, 7) is 0. The highest BCUT2D eigenvalue weighted by atomic mass is 35.5. The van der Waals surface area contributed by atoms with Gasteiger partial charge in [-0.2, -0.15) is 0 Å². The topological polar surface area (TPSA) is 85.6 Å². The second-order valence-electron chi connectivity index (χ2n) is 6.89. The molecule has 3 aromatic carbocycles. The molecule has 31 heavy (non-hydrogen) atoms. The highest BCUT2D eigenvalue weighted by molar-refractivity contribution is 7.90. The molecule has 0 radical (unpaired) electrons. The van der Waals surface area contributed by atoms with E-state index in [1.807, 2.05) is 18.2 Å². The summed E-state index contributed by atoms with van der Waals surface area (Å²) >= 11 is 6.06. The van der Waals surface area contributed by atoms with Gasteiger partial charge in [0.2, 0.25) is 0 Å². The van der Waals surface area contributed by atoms with Crippen molar-refractivity contribution in [1.82, 2.24) is 3.97 Å². The lowest BCUT2D eigenvalue weighted by Crippen LogP contribution is -2.16. The number of carbonyl (C=O) groups is 1. The lowest BCUT2D eigenvalue weighted by Gasteiger charge is -2.12. The molecular formula is C23H18ClNO5S. The number of fused-ring (bicyclic) bond motifs is 1. The van der Waals surface area contributed by atoms with Crippen molar-refractivity contribution in [2.24, 2.45) is 0 Å². The van der Waals surface area contributed by atoms with Crippen molar-refractivity contribution in [1.29, 1.82) is 0 Å². The summed E-state index contributed by atoms with van der Waals surface area (Å²) < 4.78 is 33.9. The fourth-order valence-corrected chi connectivity index (χ4v) is 5.07. The van der Waals surface area contributed by atoms with Gasteiger partial charge in [-0.1, -0.05) is 29.8 Å². The van der Waals surface area contributed by atoms with E-state index in [9.17, 15) is 13.2 Å². The molecule has 0 spiro atoms. The van der Waals surface area contributed by atoms with Crippen LogP contribution in [-0.4, -0.2) is 23.5 Å². The van der Waals surface area contributed by atoms with Crippen molar-refractivity contribution >= 4 is 38.5 Å². The van der Waals surface area contributed by atoms with E-state index in [4.69, 9.17) is 21.4 Å². The van der Waals surface area contributed by atoms with Gasteiger partial charge in [0.15, 0.2) is 0 Å². The van der Waals surface area contributed by atoms with E-state index in [0.717, 1.165) is 0 Å². The summed E-state index contributed by atoms with van der Waals surface area (Å²) in [5.41, 5.74) is 0.818. The number of hydrogen-bond donors (Lipinski definition) is 1. The predicted molar refractivity (Wildman–Crippen MR) is 118 cm³/mol. The molecule has 0 bridgehead atoms. The number of para-hydroxylation sites is 1. The molecule has 0 atom stereocenters. The minimum Gasteiger partial charge on any atom is -0.481 e. The Hall–Kier alpha value is -3.29. The van der Waals surface area contributed by atoms with Crippen LogP contribution in [0.25, 0.3) is 10.9 Å². The zero-order valence-electron chi connectivity index (χ0n) is 16.2. The quantitative estimate of drug-likeness (QED) is 0.406. The largest absolute Gasteiger partial charge is 0.481 e. The van der Waals surface area contributed by atoms with Gasteiger partial charge in [-0.25, -0.2) is 12.4 Å². The van der Waals surface area contributed by atoms with Gasteiger partial charge in [-0.3, -0.25) is 4.79 Å². The monoisotopic (exact) mass is 455 g/mol. The number of benzene rings is 3. The van der Waals surface area contributed by atoms with Gasteiger partial charge < -0.3 is 9.84 Å². The lowest BCUT2D eigenvalue weighted by atomic mass is 10.2. The van der Waals surface area contributed by atoms with Crippen molar-refractivity contribution in [2.45, 2.75) is 17.7 Å². The molecule has 1 heterocycles. The Morgan fingerprint density at radius 2 is 1.61 bits per heavy atom. The Kier molecular flexibility index (Phi) is 5.71. The number of halogens is 1. The number of rotatable bonds is 7. The fourth-order valence-electron chi connectivity index (χ4n) is 3.32. The summed E-state index contributed by atoms with van der Waals surface area (Å²) in [5.74, 6) is 0.136. The minimum atomic E-state index is -3.98. The number of ether oxygens (including phenoxy) is 1. The van der Waals surface area contributed by atoms with Crippen molar-refractivity contribution in [3.63, 3.8) is 0 Å². The summed E-state index contributed by atoms with van der Waals surface area (Å²) in [6.07, 6.45) is -0.126. The average molecular weight is 456 g/mol. The van der Waals surface area contributed by atoms with Crippen LogP contribution in [0, 0.1) is 0 Å². The molecule has 4 rings (SSSR count). The van der Waals surface area contributed by atoms with Crippen molar-refractivity contribution < 1.29 is 23.1 Å². The highest BCUT2D eigenvalue weighted by Crippen LogP contribution is 2.30. The Balaban J connectivity index is 1.73. The Morgan fingerprint density at radius 1 is 0.935 bits per heavy atom. The van der Waals surface area contributed by atoms with Crippen LogP contribution in [0.1, 0.15) is 12.1 Å². The van der Waals surface area contributed by atoms with E-state index < -0.39 is 16.0 Å². The van der Waals surface area contributed by atoms with E-state index in [2.05, 4.69) is 0 Å². The van der Waals surface area contributed by atoms with E-state index in [1.165, 1.54) is 16.1 Å². The molecule has 4 aromatic rings. The number of aromatic nitrogens is 1. The summed E-state index contributed by atoms with van der Waals surface area (Å²) in [6, 6.07) is 21.8. The minimum absolute atomic E-state index is 0.0655. The van der Waals surface area contributed by atoms with Crippen LogP contribution in [0.3, 0.4) is 0 Å². The smallest absolute Gasteiger partial charge is 0.303 e. The molecule has 0 amide bonds. The highest BCUT2D eigenvalue weighted by Gasteiger charge is 2.23. The first-order valence-corrected chi connectivity index (χ1v) is 11.3. The number of aryl methyl sites for hydroxylation is 1. The number of nitrogens with zero attached hydrogens (tertiary/aromatic N) is 1. The van der Waals surface area contributed by atoms with Gasteiger partial charge in [-0.05, 0) is 67.1 Å². The fraction of sp³-hybridized carbons (Fsp3) is 0.0870. The third-order valence-electron chi connectivity index (χ3n) is 4.73. The molecule has 0 aliphatic carbocycles.